The first-order valence-electron chi connectivity index (χ1n) is 6.68. The number of hydrogen-bond donors (Lipinski definition) is 1. The minimum absolute atomic E-state index is 0.284. The monoisotopic (exact) mass is 300 g/mol. The van der Waals surface area contributed by atoms with Crippen molar-refractivity contribution in [1.29, 1.82) is 0 Å². The average Bonchev–Trinajstić information content (AvgIpc) is 2.50. The minimum Gasteiger partial charge on any atom is -0.324 e. The standard InChI is InChI=1S/C17H14ClFN2/c18-12-6-7-15(19)11(9-12)10-16(20)13-3-1-5-17-14(13)4-2-8-21-17/h1-9,16H,10,20H2. The van der Waals surface area contributed by atoms with E-state index in [0.717, 1.165) is 16.5 Å². The molecule has 0 aliphatic heterocycles. The van der Waals surface area contributed by atoms with Gasteiger partial charge in [0.15, 0.2) is 0 Å². The van der Waals surface area contributed by atoms with E-state index in [-0.39, 0.29) is 11.9 Å². The van der Waals surface area contributed by atoms with Crippen molar-refractivity contribution in [1.82, 2.24) is 4.98 Å². The van der Waals surface area contributed by atoms with E-state index in [2.05, 4.69) is 4.98 Å². The summed E-state index contributed by atoms with van der Waals surface area (Å²) >= 11 is 5.92. The molecule has 3 aromatic rings. The van der Waals surface area contributed by atoms with Gasteiger partial charge in [0.2, 0.25) is 0 Å². The summed E-state index contributed by atoms with van der Waals surface area (Å²) in [6.45, 7) is 0. The minimum atomic E-state index is -0.314. The number of nitrogens with zero attached hydrogens (tertiary/aromatic N) is 1. The number of fused-ring (bicyclic) bond motifs is 1. The maximum Gasteiger partial charge on any atom is 0.126 e. The lowest BCUT2D eigenvalue weighted by molar-refractivity contribution is 0.594. The van der Waals surface area contributed by atoms with Gasteiger partial charge in [0.05, 0.1) is 5.52 Å². The van der Waals surface area contributed by atoms with Gasteiger partial charge in [-0.3, -0.25) is 4.98 Å². The number of aromatic nitrogens is 1. The van der Waals surface area contributed by atoms with Crippen LogP contribution in [-0.2, 0) is 6.42 Å². The van der Waals surface area contributed by atoms with Gasteiger partial charge in [-0.05, 0) is 47.9 Å². The molecule has 3 rings (SSSR count). The van der Waals surface area contributed by atoms with Gasteiger partial charge < -0.3 is 5.73 Å². The van der Waals surface area contributed by atoms with Crippen LogP contribution in [0.3, 0.4) is 0 Å². The van der Waals surface area contributed by atoms with Crippen LogP contribution in [0.1, 0.15) is 17.2 Å². The molecule has 21 heavy (non-hydrogen) atoms. The third kappa shape index (κ3) is 2.89. The third-order valence-corrected chi connectivity index (χ3v) is 3.76. The van der Waals surface area contributed by atoms with Gasteiger partial charge in [-0.1, -0.05) is 29.8 Å². The first kappa shape index (κ1) is 14.0. The Kier molecular flexibility index (Phi) is 3.86. The van der Waals surface area contributed by atoms with E-state index < -0.39 is 0 Å². The summed E-state index contributed by atoms with van der Waals surface area (Å²) in [5.74, 6) is -0.284. The Morgan fingerprint density at radius 2 is 2.00 bits per heavy atom. The van der Waals surface area contributed by atoms with Crippen LogP contribution in [0.2, 0.25) is 5.02 Å². The first-order valence-corrected chi connectivity index (χ1v) is 7.06. The predicted molar refractivity (Wildman–Crippen MR) is 83.8 cm³/mol. The molecule has 2 aromatic carbocycles. The van der Waals surface area contributed by atoms with E-state index in [1.165, 1.54) is 12.1 Å². The van der Waals surface area contributed by atoms with Crippen LogP contribution in [-0.4, -0.2) is 4.98 Å². The van der Waals surface area contributed by atoms with Gasteiger partial charge in [0, 0.05) is 22.6 Å². The van der Waals surface area contributed by atoms with Crippen molar-refractivity contribution in [3.8, 4) is 0 Å². The molecule has 2 N–H and O–H groups in total. The first-order chi connectivity index (χ1) is 10.1. The van der Waals surface area contributed by atoms with E-state index in [1.54, 1.807) is 12.3 Å². The molecule has 0 bridgehead atoms. The Balaban J connectivity index is 1.97. The fraction of sp³-hybridized carbons (Fsp3) is 0.118. The zero-order chi connectivity index (χ0) is 14.8. The maximum absolute atomic E-state index is 13.8. The SMILES string of the molecule is NC(Cc1cc(Cl)ccc1F)c1cccc2ncccc12. The molecule has 1 heterocycles. The number of halogens is 2. The highest BCUT2D eigenvalue weighted by molar-refractivity contribution is 6.30. The summed E-state index contributed by atoms with van der Waals surface area (Å²) in [5, 5.41) is 1.51. The molecule has 1 atom stereocenters. The van der Waals surface area contributed by atoms with Crippen LogP contribution >= 0.6 is 11.6 Å². The Hall–Kier alpha value is -1.97. The highest BCUT2D eigenvalue weighted by atomic mass is 35.5. The molecule has 106 valence electrons. The van der Waals surface area contributed by atoms with E-state index in [4.69, 9.17) is 17.3 Å². The summed E-state index contributed by atoms with van der Waals surface area (Å²) in [7, 11) is 0. The predicted octanol–water partition coefficient (Wildman–Crippen LogP) is 4.27. The van der Waals surface area contributed by atoms with Crippen LogP contribution in [0.4, 0.5) is 4.39 Å². The zero-order valence-corrected chi connectivity index (χ0v) is 12.0. The van der Waals surface area contributed by atoms with Crippen molar-refractivity contribution in [3.05, 3.63) is 76.7 Å². The lowest BCUT2D eigenvalue weighted by atomic mass is 9.96. The number of benzene rings is 2. The third-order valence-electron chi connectivity index (χ3n) is 3.53. The second kappa shape index (κ2) is 5.80. The summed E-state index contributed by atoms with van der Waals surface area (Å²) in [5.41, 5.74) is 8.64. The van der Waals surface area contributed by atoms with Gasteiger partial charge in [-0.25, -0.2) is 4.39 Å². The highest BCUT2D eigenvalue weighted by Crippen LogP contribution is 2.26. The molecule has 4 heteroatoms. The molecule has 1 aromatic heterocycles. The zero-order valence-electron chi connectivity index (χ0n) is 11.3. The highest BCUT2D eigenvalue weighted by Gasteiger charge is 2.13. The molecule has 0 saturated heterocycles. The molecule has 0 aliphatic rings. The van der Waals surface area contributed by atoms with Gasteiger partial charge in [-0.2, -0.15) is 0 Å². The number of nitrogens with two attached hydrogens (primary N) is 1. The van der Waals surface area contributed by atoms with Gasteiger partial charge in [0.1, 0.15) is 5.82 Å². The van der Waals surface area contributed by atoms with Gasteiger partial charge in [-0.15, -0.1) is 0 Å². The topological polar surface area (TPSA) is 38.9 Å². The number of hydrogen-bond acceptors (Lipinski definition) is 2. The Morgan fingerprint density at radius 3 is 2.86 bits per heavy atom. The van der Waals surface area contributed by atoms with E-state index in [9.17, 15) is 4.39 Å². The number of pyridine rings is 1. The lowest BCUT2D eigenvalue weighted by Crippen LogP contribution is -2.14. The van der Waals surface area contributed by atoms with Crippen molar-refractivity contribution in [2.75, 3.05) is 0 Å². The van der Waals surface area contributed by atoms with Crippen LogP contribution < -0.4 is 5.73 Å². The maximum atomic E-state index is 13.8. The molecule has 0 radical (unpaired) electrons. The molecule has 0 saturated carbocycles. The molecule has 2 nitrogen and oxygen atoms in total. The van der Waals surface area contributed by atoms with Crippen molar-refractivity contribution >= 4 is 22.5 Å². The molecule has 0 spiro atoms. The van der Waals surface area contributed by atoms with Crippen molar-refractivity contribution in [3.63, 3.8) is 0 Å². The normalized spacial score (nSPS) is 12.5. The second-order valence-corrected chi connectivity index (χ2v) is 5.40. The van der Waals surface area contributed by atoms with Crippen LogP contribution in [0, 0.1) is 5.82 Å². The fourth-order valence-electron chi connectivity index (χ4n) is 2.50. The van der Waals surface area contributed by atoms with Crippen LogP contribution in [0.5, 0.6) is 0 Å². The fourth-order valence-corrected chi connectivity index (χ4v) is 2.69. The Bertz CT molecular complexity index is 783. The average molecular weight is 301 g/mol. The van der Waals surface area contributed by atoms with E-state index in [0.29, 0.717) is 17.0 Å². The molecular weight excluding hydrogens is 287 g/mol. The summed E-state index contributed by atoms with van der Waals surface area (Å²) in [6, 6.07) is 13.9. The smallest absolute Gasteiger partial charge is 0.126 e. The molecular formula is C17H14ClFN2. The quantitative estimate of drug-likeness (QED) is 0.784. The van der Waals surface area contributed by atoms with Crippen LogP contribution in [0.15, 0.2) is 54.7 Å². The van der Waals surface area contributed by atoms with Gasteiger partial charge >= 0.3 is 0 Å². The van der Waals surface area contributed by atoms with Gasteiger partial charge in [0.25, 0.3) is 0 Å². The summed E-state index contributed by atoms with van der Waals surface area (Å²) < 4.78 is 13.8. The number of rotatable bonds is 3. The summed E-state index contributed by atoms with van der Waals surface area (Å²) in [6.07, 6.45) is 2.13. The Morgan fingerprint density at radius 1 is 1.14 bits per heavy atom. The molecule has 0 aliphatic carbocycles. The summed E-state index contributed by atoms with van der Waals surface area (Å²) in [4.78, 5) is 4.31. The van der Waals surface area contributed by atoms with Crippen LogP contribution in [0.25, 0.3) is 10.9 Å². The second-order valence-electron chi connectivity index (χ2n) is 4.96. The van der Waals surface area contributed by atoms with Crippen molar-refractivity contribution < 1.29 is 4.39 Å². The van der Waals surface area contributed by atoms with E-state index in [1.807, 2.05) is 30.3 Å². The largest absolute Gasteiger partial charge is 0.324 e. The molecule has 0 amide bonds. The van der Waals surface area contributed by atoms with E-state index >= 15 is 0 Å². The van der Waals surface area contributed by atoms with Crippen molar-refractivity contribution in [2.45, 2.75) is 12.5 Å². The molecule has 1 unspecified atom stereocenters. The van der Waals surface area contributed by atoms with Crippen molar-refractivity contribution in [2.24, 2.45) is 5.73 Å². The lowest BCUT2D eigenvalue weighted by Gasteiger charge is -2.15. The Labute approximate surface area is 127 Å². The molecule has 0 fully saturated rings.